The predicted octanol–water partition coefficient (Wildman–Crippen LogP) is 2.23. The van der Waals surface area contributed by atoms with Gasteiger partial charge in [0.2, 0.25) is 5.91 Å². The highest BCUT2D eigenvalue weighted by molar-refractivity contribution is 7.10. The number of carbonyl (C=O) groups is 3. The number of amides is 4. The maximum absolute atomic E-state index is 13.3. The molecule has 1 aromatic heterocycles. The molecule has 7 heteroatoms. The molecule has 2 atom stereocenters. The normalized spacial score (nSPS) is 27.4. The standard InChI is InChI=1S/C18H23N3O3S/c1-12(15(22)20-9-3-2-4-10-20)21-16(23)18(19-17(21)24)8-5-6-14-13(18)7-11-25-14/h7,11-12H,2-6,8-10H2,1H3,(H,19,24)/t12-,18-/m0/s1. The largest absolute Gasteiger partial charge is 0.341 e. The van der Waals surface area contributed by atoms with E-state index >= 15 is 0 Å². The van der Waals surface area contributed by atoms with Crippen LogP contribution in [0, 0.1) is 0 Å². The van der Waals surface area contributed by atoms with Gasteiger partial charge in [0.1, 0.15) is 11.6 Å². The maximum atomic E-state index is 13.3. The van der Waals surface area contributed by atoms with Gasteiger partial charge >= 0.3 is 6.03 Å². The number of hydrogen-bond donors (Lipinski definition) is 1. The van der Waals surface area contributed by atoms with E-state index in [1.165, 1.54) is 0 Å². The number of piperidine rings is 1. The number of rotatable bonds is 2. The molecular weight excluding hydrogens is 338 g/mol. The molecule has 0 radical (unpaired) electrons. The quantitative estimate of drug-likeness (QED) is 0.821. The summed E-state index contributed by atoms with van der Waals surface area (Å²) >= 11 is 1.63. The summed E-state index contributed by atoms with van der Waals surface area (Å²) in [6.45, 7) is 3.10. The molecule has 25 heavy (non-hydrogen) atoms. The number of imide groups is 1. The third-order valence-corrected chi connectivity index (χ3v) is 6.68. The van der Waals surface area contributed by atoms with E-state index in [1.807, 2.05) is 11.4 Å². The van der Waals surface area contributed by atoms with Gasteiger partial charge in [-0.3, -0.25) is 9.59 Å². The van der Waals surface area contributed by atoms with E-state index in [0.29, 0.717) is 19.5 Å². The van der Waals surface area contributed by atoms with Crippen LogP contribution in [0.4, 0.5) is 4.79 Å². The molecule has 4 rings (SSSR count). The molecule has 0 saturated carbocycles. The fraction of sp³-hybridized carbons (Fsp3) is 0.611. The average molecular weight is 361 g/mol. The van der Waals surface area contributed by atoms with Crippen molar-refractivity contribution in [2.24, 2.45) is 0 Å². The average Bonchev–Trinajstić information content (AvgIpc) is 3.20. The third-order valence-electron chi connectivity index (χ3n) is 5.70. The minimum absolute atomic E-state index is 0.124. The van der Waals surface area contributed by atoms with E-state index < -0.39 is 17.6 Å². The number of urea groups is 1. The molecule has 1 aromatic rings. The summed E-state index contributed by atoms with van der Waals surface area (Å²) in [5.74, 6) is -0.392. The van der Waals surface area contributed by atoms with E-state index in [1.54, 1.807) is 23.2 Å². The van der Waals surface area contributed by atoms with Crippen molar-refractivity contribution >= 4 is 29.2 Å². The highest BCUT2D eigenvalue weighted by Gasteiger charge is 2.56. The van der Waals surface area contributed by atoms with Gasteiger partial charge in [-0.15, -0.1) is 11.3 Å². The lowest BCUT2D eigenvalue weighted by molar-refractivity contribution is -0.143. The Kier molecular flexibility index (Phi) is 4.06. The molecule has 0 aromatic carbocycles. The number of fused-ring (bicyclic) bond motifs is 2. The Hall–Kier alpha value is -1.89. The summed E-state index contributed by atoms with van der Waals surface area (Å²) in [5, 5.41) is 4.90. The van der Waals surface area contributed by atoms with Crippen molar-refractivity contribution < 1.29 is 14.4 Å². The minimum atomic E-state index is -0.971. The lowest BCUT2D eigenvalue weighted by Crippen LogP contribution is -2.52. The SMILES string of the molecule is C[C@@H](C(=O)N1CCCCC1)N1C(=O)N[C@]2(CCCc3sccc32)C1=O. The molecule has 0 unspecified atom stereocenters. The molecule has 2 aliphatic heterocycles. The van der Waals surface area contributed by atoms with Crippen LogP contribution in [0.1, 0.15) is 49.5 Å². The molecule has 1 aliphatic carbocycles. The van der Waals surface area contributed by atoms with E-state index in [0.717, 1.165) is 47.4 Å². The lowest BCUT2D eigenvalue weighted by Gasteiger charge is -2.33. The first kappa shape index (κ1) is 16.6. The van der Waals surface area contributed by atoms with Crippen LogP contribution in [0.5, 0.6) is 0 Å². The molecule has 1 N–H and O–H groups in total. The molecule has 3 heterocycles. The van der Waals surface area contributed by atoms with Crippen LogP contribution in [-0.4, -0.2) is 46.8 Å². The Morgan fingerprint density at radius 2 is 2.00 bits per heavy atom. The number of carbonyl (C=O) groups excluding carboxylic acids is 3. The second-order valence-electron chi connectivity index (χ2n) is 7.18. The van der Waals surface area contributed by atoms with Crippen LogP contribution in [0.25, 0.3) is 0 Å². The summed E-state index contributed by atoms with van der Waals surface area (Å²) in [7, 11) is 0. The van der Waals surface area contributed by atoms with Crippen LogP contribution in [0.15, 0.2) is 11.4 Å². The zero-order chi connectivity index (χ0) is 17.6. The topological polar surface area (TPSA) is 69.7 Å². The molecule has 134 valence electrons. The van der Waals surface area contributed by atoms with Crippen LogP contribution >= 0.6 is 11.3 Å². The van der Waals surface area contributed by atoms with Crippen molar-refractivity contribution in [2.45, 2.75) is 57.0 Å². The second-order valence-corrected chi connectivity index (χ2v) is 8.18. The molecule has 4 amide bonds. The molecule has 2 fully saturated rings. The van der Waals surface area contributed by atoms with Crippen LogP contribution in [0.2, 0.25) is 0 Å². The lowest BCUT2D eigenvalue weighted by atomic mass is 9.80. The Balaban J connectivity index is 1.61. The number of aryl methyl sites for hydroxylation is 1. The molecule has 6 nitrogen and oxygen atoms in total. The van der Waals surface area contributed by atoms with E-state index in [9.17, 15) is 14.4 Å². The van der Waals surface area contributed by atoms with Crippen molar-refractivity contribution in [3.05, 3.63) is 21.9 Å². The van der Waals surface area contributed by atoms with Gasteiger partial charge in [-0.05, 0) is 56.9 Å². The maximum Gasteiger partial charge on any atom is 0.326 e. The van der Waals surface area contributed by atoms with Gasteiger partial charge in [-0.2, -0.15) is 0 Å². The highest BCUT2D eigenvalue weighted by atomic mass is 32.1. The van der Waals surface area contributed by atoms with Gasteiger partial charge in [0.25, 0.3) is 5.91 Å². The summed E-state index contributed by atoms with van der Waals surface area (Å²) in [6, 6.07) is 0.744. The monoisotopic (exact) mass is 361 g/mol. The van der Waals surface area contributed by atoms with E-state index in [-0.39, 0.29) is 11.8 Å². The number of nitrogens with one attached hydrogen (secondary N) is 1. The Morgan fingerprint density at radius 3 is 2.76 bits per heavy atom. The molecule has 2 saturated heterocycles. The van der Waals surface area contributed by atoms with Crippen LogP contribution in [-0.2, 0) is 21.5 Å². The minimum Gasteiger partial charge on any atom is -0.341 e. The van der Waals surface area contributed by atoms with E-state index in [2.05, 4.69) is 5.32 Å². The Morgan fingerprint density at radius 1 is 1.24 bits per heavy atom. The van der Waals surface area contributed by atoms with Crippen molar-refractivity contribution in [3.63, 3.8) is 0 Å². The first-order valence-electron chi connectivity index (χ1n) is 9.06. The van der Waals surface area contributed by atoms with Gasteiger partial charge < -0.3 is 10.2 Å². The highest BCUT2D eigenvalue weighted by Crippen LogP contribution is 2.42. The zero-order valence-electron chi connectivity index (χ0n) is 14.4. The number of nitrogens with zero attached hydrogens (tertiary/aromatic N) is 2. The Bertz CT molecular complexity index is 725. The van der Waals surface area contributed by atoms with Crippen molar-refractivity contribution in [3.8, 4) is 0 Å². The van der Waals surface area contributed by atoms with Crippen molar-refractivity contribution in [2.75, 3.05) is 13.1 Å². The smallest absolute Gasteiger partial charge is 0.326 e. The zero-order valence-corrected chi connectivity index (χ0v) is 15.2. The summed E-state index contributed by atoms with van der Waals surface area (Å²) in [6.07, 6.45) is 5.51. The Labute approximate surface area is 151 Å². The fourth-order valence-corrected chi connectivity index (χ4v) is 5.35. The first-order chi connectivity index (χ1) is 12.0. The summed E-state index contributed by atoms with van der Waals surface area (Å²) < 4.78 is 0. The van der Waals surface area contributed by atoms with Crippen molar-refractivity contribution in [1.29, 1.82) is 0 Å². The van der Waals surface area contributed by atoms with Gasteiger partial charge in [-0.25, -0.2) is 9.69 Å². The van der Waals surface area contributed by atoms with Crippen molar-refractivity contribution in [1.82, 2.24) is 15.1 Å². The molecule has 1 spiro atoms. The fourth-order valence-electron chi connectivity index (χ4n) is 4.35. The number of hydrogen-bond acceptors (Lipinski definition) is 4. The molecular formula is C18H23N3O3S. The van der Waals surface area contributed by atoms with Gasteiger partial charge in [-0.1, -0.05) is 0 Å². The first-order valence-corrected chi connectivity index (χ1v) is 9.94. The number of likely N-dealkylation sites (tertiary alicyclic amines) is 1. The summed E-state index contributed by atoms with van der Waals surface area (Å²) in [4.78, 5) is 42.8. The van der Waals surface area contributed by atoms with Crippen LogP contribution < -0.4 is 5.32 Å². The summed E-state index contributed by atoms with van der Waals surface area (Å²) in [5.41, 5.74) is -0.0524. The van der Waals surface area contributed by atoms with Gasteiger partial charge in [0.05, 0.1) is 0 Å². The van der Waals surface area contributed by atoms with Gasteiger partial charge in [0.15, 0.2) is 0 Å². The van der Waals surface area contributed by atoms with E-state index in [4.69, 9.17) is 0 Å². The second kappa shape index (κ2) is 6.12. The van der Waals surface area contributed by atoms with Gasteiger partial charge in [0, 0.05) is 23.5 Å². The molecule has 3 aliphatic rings. The number of thiophene rings is 1. The third kappa shape index (κ3) is 2.47. The molecule has 0 bridgehead atoms. The predicted molar refractivity (Wildman–Crippen MR) is 94.2 cm³/mol. The van der Waals surface area contributed by atoms with Crippen LogP contribution in [0.3, 0.4) is 0 Å².